The lowest BCUT2D eigenvalue weighted by molar-refractivity contribution is -0.121. The predicted molar refractivity (Wildman–Crippen MR) is 109 cm³/mol. The van der Waals surface area contributed by atoms with Crippen LogP contribution in [0.15, 0.2) is 24.3 Å². The van der Waals surface area contributed by atoms with Crippen LogP contribution in [-0.2, 0) is 4.79 Å². The van der Waals surface area contributed by atoms with Crippen LogP contribution < -0.4 is 10.1 Å². The molecule has 140 valence electrons. The van der Waals surface area contributed by atoms with Crippen molar-refractivity contribution in [3.05, 3.63) is 29.8 Å². The van der Waals surface area contributed by atoms with Gasteiger partial charge in [-0.05, 0) is 51.1 Å². The number of carbonyl (C=O) groups excluding carboxylic acids is 1. The number of amides is 1. The van der Waals surface area contributed by atoms with Crippen LogP contribution in [-0.4, -0.2) is 49.6 Å². The van der Waals surface area contributed by atoms with Gasteiger partial charge in [-0.3, -0.25) is 4.79 Å². The molecular formula is C19H30N2O2S2. The molecule has 1 amide bonds. The lowest BCUT2D eigenvalue weighted by atomic mass is 10.1. The molecule has 2 unspecified atom stereocenters. The average Bonchev–Trinajstić information content (AvgIpc) is 3.12. The maximum Gasteiger partial charge on any atom is 0.220 e. The molecular weight excluding hydrogens is 352 g/mol. The van der Waals surface area contributed by atoms with Crippen molar-refractivity contribution >= 4 is 27.5 Å². The van der Waals surface area contributed by atoms with Crippen LogP contribution in [0.5, 0.6) is 5.75 Å². The van der Waals surface area contributed by atoms with Crippen LogP contribution in [0, 0.1) is 0 Å². The average molecular weight is 383 g/mol. The van der Waals surface area contributed by atoms with Crippen LogP contribution in [0.4, 0.5) is 0 Å². The fourth-order valence-electron chi connectivity index (χ4n) is 2.95. The van der Waals surface area contributed by atoms with Crippen molar-refractivity contribution in [2.45, 2.75) is 43.4 Å². The number of nitrogens with one attached hydrogen (secondary N) is 1. The Hall–Kier alpha value is -0.850. The van der Waals surface area contributed by atoms with Gasteiger partial charge in [-0.15, -0.1) is 0 Å². The Morgan fingerprint density at radius 2 is 2.08 bits per heavy atom. The van der Waals surface area contributed by atoms with E-state index < -0.39 is 0 Å². The van der Waals surface area contributed by atoms with Gasteiger partial charge in [-0.25, -0.2) is 0 Å². The molecule has 1 saturated heterocycles. The van der Waals surface area contributed by atoms with Crippen molar-refractivity contribution in [3.8, 4) is 5.75 Å². The molecule has 25 heavy (non-hydrogen) atoms. The predicted octanol–water partition coefficient (Wildman–Crippen LogP) is 4.13. The summed E-state index contributed by atoms with van der Waals surface area (Å²) in [5, 5.41) is 3.91. The molecule has 1 aromatic carbocycles. The second kappa shape index (κ2) is 11.0. The number of nitrogens with zero attached hydrogens (tertiary/aromatic N) is 1. The fraction of sp³-hybridized carbons (Fsp3) is 0.632. The zero-order valence-electron chi connectivity index (χ0n) is 15.5. The number of likely N-dealkylation sites (N-methyl/N-ethyl adjacent to an activating group) is 1. The summed E-state index contributed by atoms with van der Waals surface area (Å²) in [5.74, 6) is 2.30. The lowest BCUT2D eigenvalue weighted by Crippen LogP contribution is -2.34. The quantitative estimate of drug-likeness (QED) is 0.487. The monoisotopic (exact) mass is 382 g/mol. The summed E-state index contributed by atoms with van der Waals surface area (Å²) in [5.41, 5.74) is 1.18. The van der Waals surface area contributed by atoms with Crippen LogP contribution >= 0.6 is 21.6 Å². The molecule has 0 saturated carbocycles. The van der Waals surface area contributed by atoms with Gasteiger partial charge in [0.2, 0.25) is 5.91 Å². The van der Waals surface area contributed by atoms with Gasteiger partial charge in [0.15, 0.2) is 0 Å². The van der Waals surface area contributed by atoms with Gasteiger partial charge in [-0.2, -0.15) is 0 Å². The van der Waals surface area contributed by atoms with Crippen molar-refractivity contribution in [3.63, 3.8) is 0 Å². The first-order chi connectivity index (χ1) is 12.1. The molecule has 0 radical (unpaired) electrons. The Balaban J connectivity index is 1.70. The van der Waals surface area contributed by atoms with Crippen molar-refractivity contribution in [2.24, 2.45) is 0 Å². The standard InChI is InChI=1S/C19H30N2O2S2/c1-21(2)18(15-8-10-16(23-3)11-9-15)14-20-19(22)7-5-4-6-17-12-13-24-25-17/h8-11,17-18H,4-7,12-14H2,1-3H3,(H,20,22). The second-order valence-electron chi connectivity index (χ2n) is 6.63. The molecule has 4 nitrogen and oxygen atoms in total. The molecule has 1 aromatic rings. The Kier molecular flexibility index (Phi) is 8.99. The Morgan fingerprint density at radius 3 is 2.68 bits per heavy atom. The highest BCUT2D eigenvalue weighted by Gasteiger charge is 2.17. The Morgan fingerprint density at radius 1 is 1.32 bits per heavy atom. The molecule has 1 aliphatic rings. The van der Waals surface area contributed by atoms with E-state index >= 15 is 0 Å². The van der Waals surface area contributed by atoms with E-state index in [0.29, 0.717) is 13.0 Å². The minimum Gasteiger partial charge on any atom is -0.497 e. The van der Waals surface area contributed by atoms with E-state index in [9.17, 15) is 4.79 Å². The minimum atomic E-state index is 0.161. The Bertz CT molecular complexity index is 517. The highest BCUT2D eigenvalue weighted by atomic mass is 33.1. The van der Waals surface area contributed by atoms with E-state index in [-0.39, 0.29) is 11.9 Å². The first-order valence-corrected chi connectivity index (χ1v) is 11.3. The number of rotatable bonds is 10. The smallest absolute Gasteiger partial charge is 0.220 e. The van der Waals surface area contributed by atoms with Gasteiger partial charge in [0, 0.05) is 24.0 Å². The number of carbonyl (C=O) groups is 1. The summed E-state index contributed by atoms with van der Waals surface area (Å²) < 4.78 is 5.21. The van der Waals surface area contributed by atoms with Crippen molar-refractivity contribution in [1.29, 1.82) is 0 Å². The van der Waals surface area contributed by atoms with E-state index in [0.717, 1.165) is 23.8 Å². The molecule has 1 N–H and O–H groups in total. The molecule has 1 aliphatic heterocycles. The molecule has 1 heterocycles. The van der Waals surface area contributed by atoms with E-state index in [1.165, 1.54) is 24.2 Å². The highest BCUT2D eigenvalue weighted by molar-refractivity contribution is 8.77. The number of ether oxygens (including phenoxy) is 1. The molecule has 0 aliphatic carbocycles. The van der Waals surface area contributed by atoms with Gasteiger partial charge in [0.1, 0.15) is 5.75 Å². The van der Waals surface area contributed by atoms with Gasteiger partial charge in [-0.1, -0.05) is 40.1 Å². The van der Waals surface area contributed by atoms with Crippen LogP contribution in [0.1, 0.15) is 43.7 Å². The number of hydrogen-bond acceptors (Lipinski definition) is 5. The third-order valence-corrected chi connectivity index (χ3v) is 7.53. The molecule has 1 fully saturated rings. The largest absolute Gasteiger partial charge is 0.497 e. The summed E-state index contributed by atoms with van der Waals surface area (Å²) in [6.07, 6.45) is 5.35. The van der Waals surface area contributed by atoms with E-state index in [2.05, 4.69) is 22.3 Å². The van der Waals surface area contributed by atoms with Crippen LogP contribution in [0.25, 0.3) is 0 Å². The number of methoxy groups -OCH3 is 1. The van der Waals surface area contributed by atoms with Crippen molar-refractivity contribution in [1.82, 2.24) is 10.2 Å². The fourth-order valence-corrected chi connectivity index (χ4v) is 5.97. The van der Waals surface area contributed by atoms with E-state index in [1.807, 2.05) is 47.8 Å². The third kappa shape index (κ3) is 7.12. The van der Waals surface area contributed by atoms with Crippen molar-refractivity contribution in [2.75, 3.05) is 33.5 Å². The number of unbranched alkanes of at least 4 members (excludes halogenated alkanes) is 1. The molecule has 2 rings (SSSR count). The molecule has 0 bridgehead atoms. The highest BCUT2D eigenvalue weighted by Crippen LogP contribution is 2.39. The maximum atomic E-state index is 12.1. The first-order valence-electron chi connectivity index (χ1n) is 8.95. The van der Waals surface area contributed by atoms with E-state index in [1.54, 1.807) is 7.11 Å². The Labute approximate surface area is 159 Å². The van der Waals surface area contributed by atoms with Gasteiger partial charge in [0.25, 0.3) is 0 Å². The summed E-state index contributed by atoms with van der Waals surface area (Å²) in [6.45, 7) is 0.632. The molecule has 2 atom stereocenters. The van der Waals surface area contributed by atoms with Gasteiger partial charge < -0.3 is 15.0 Å². The number of hydrogen-bond donors (Lipinski definition) is 1. The summed E-state index contributed by atoms with van der Waals surface area (Å²) in [6, 6.07) is 8.22. The normalized spacial score (nSPS) is 18.3. The molecule has 0 spiro atoms. The molecule has 0 aromatic heterocycles. The van der Waals surface area contributed by atoms with Crippen LogP contribution in [0.3, 0.4) is 0 Å². The summed E-state index contributed by atoms with van der Waals surface area (Å²) >= 11 is 0. The van der Waals surface area contributed by atoms with Gasteiger partial charge >= 0.3 is 0 Å². The topological polar surface area (TPSA) is 41.6 Å². The SMILES string of the molecule is COc1ccc(C(CNC(=O)CCCCC2CCSS2)N(C)C)cc1. The van der Waals surface area contributed by atoms with E-state index in [4.69, 9.17) is 4.74 Å². The van der Waals surface area contributed by atoms with Crippen molar-refractivity contribution < 1.29 is 9.53 Å². The maximum absolute atomic E-state index is 12.1. The third-order valence-electron chi connectivity index (χ3n) is 4.52. The van der Waals surface area contributed by atoms with Gasteiger partial charge in [0.05, 0.1) is 13.2 Å². The summed E-state index contributed by atoms with van der Waals surface area (Å²) in [7, 11) is 9.76. The van der Waals surface area contributed by atoms with Crippen LogP contribution in [0.2, 0.25) is 0 Å². The molecule has 6 heteroatoms. The zero-order chi connectivity index (χ0) is 18.1. The first kappa shape index (κ1) is 20.5. The minimum absolute atomic E-state index is 0.161. The lowest BCUT2D eigenvalue weighted by Gasteiger charge is -2.25. The number of benzene rings is 1. The zero-order valence-corrected chi connectivity index (χ0v) is 17.1. The summed E-state index contributed by atoms with van der Waals surface area (Å²) in [4.78, 5) is 14.3. The second-order valence-corrected chi connectivity index (χ2v) is 9.42.